The Labute approximate surface area is 141 Å². The molecule has 118 valence electrons. The lowest BCUT2D eigenvalue weighted by molar-refractivity contribution is 0.102. The van der Waals surface area contributed by atoms with Crippen molar-refractivity contribution in [3.8, 4) is 11.5 Å². The number of rotatable bonds is 3. The van der Waals surface area contributed by atoms with Gasteiger partial charge in [0.05, 0.1) is 15.2 Å². The van der Waals surface area contributed by atoms with Crippen molar-refractivity contribution in [1.29, 1.82) is 0 Å². The van der Waals surface area contributed by atoms with Crippen LogP contribution >= 0.6 is 11.3 Å². The number of hydrogen-bond acceptors (Lipinski definition) is 6. The summed E-state index contributed by atoms with van der Waals surface area (Å²) in [4.78, 5) is 16.8. The van der Waals surface area contributed by atoms with Gasteiger partial charge >= 0.3 is 0 Å². The zero-order chi connectivity index (χ0) is 16.5. The van der Waals surface area contributed by atoms with Gasteiger partial charge < -0.3 is 9.73 Å². The van der Waals surface area contributed by atoms with Crippen LogP contribution in [0.25, 0.3) is 21.7 Å². The van der Waals surface area contributed by atoms with Gasteiger partial charge in [0.15, 0.2) is 0 Å². The number of amides is 1. The lowest BCUT2D eigenvalue weighted by Gasteiger charge is -2.05. The van der Waals surface area contributed by atoms with Gasteiger partial charge in [0.1, 0.15) is 0 Å². The second-order valence-electron chi connectivity index (χ2n) is 5.19. The molecule has 0 bridgehead atoms. The monoisotopic (exact) mass is 336 g/mol. The van der Waals surface area contributed by atoms with Crippen LogP contribution in [0.15, 0.2) is 53.3 Å². The average molecular weight is 336 g/mol. The third-order valence-corrected chi connectivity index (χ3v) is 4.44. The fourth-order valence-electron chi connectivity index (χ4n) is 2.38. The number of thiazole rings is 1. The number of hydrogen-bond donors (Lipinski definition) is 1. The van der Waals surface area contributed by atoms with Crippen molar-refractivity contribution in [3.63, 3.8) is 0 Å². The molecule has 0 saturated carbocycles. The van der Waals surface area contributed by atoms with Gasteiger partial charge in [-0.15, -0.1) is 21.5 Å². The van der Waals surface area contributed by atoms with E-state index in [1.807, 2.05) is 25.1 Å². The highest BCUT2D eigenvalue weighted by molar-refractivity contribution is 7.18. The molecule has 0 atom stereocenters. The van der Waals surface area contributed by atoms with Crippen LogP contribution in [0.4, 0.5) is 5.69 Å². The number of carbonyl (C=O) groups is 1. The Kier molecular flexibility index (Phi) is 3.55. The molecule has 7 heteroatoms. The van der Waals surface area contributed by atoms with Gasteiger partial charge in [-0.25, -0.2) is 4.98 Å². The van der Waals surface area contributed by atoms with E-state index in [4.69, 9.17) is 4.42 Å². The van der Waals surface area contributed by atoms with E-state index in [0.29, 0.717) is 11.5 Å². The van der Waals surface area contributed by atoms with Crippen molar-refractivity contribution in [2.75, 3.05) is 5.32 Å². The molecule has 4 rings (SSSR count). The van der Waals surface area contributed by atoms with Crippen LogP contribution in [-0.4, -0.2) is 21.1 Å². The van der Waals surface area contributed by atoms with Crippen molar-refractivity contribution < 1.29 is 9.21 Å². The SMILES string of the molecule is Cc1nc2ccc(NC(=O)c3ccc(-c4nnco4)cc3)cc2s1. The highest BCUT2D eigenvalue weighted by Gasteiger charge is 2.09. The molecule has 0 saturated heterocycles. The molecule has 6 nitrogen and oxygen atoms in total. The minimum atomic E-state index is -0.173. The predicted molar refractivity (Wildman–Crippen MR) is 92.0 cm³/mol. The van der Waals surface area contributed by atoms with Crippen LogP contribution in [0, 0.1) is 6.92 Å². The Morgan fingerprint density at radius 1 is 1.17 bits per heavy atom. The van der Waals surface area contributed by atoms with Crippen LogP contribution in [0.5, 0.6) is 0 Å². The lowest BCUT2D eigenvalue weighted by Crippen LogP contribution is -2.11. The third-order valence-electron chi connectivity index (χ3n) is 3.51. The number of carbonyl (C=O) groups excluding carboxylic acids is 1. The molecule has 0 fully saturated rings. The highest BCUT2D eigenvalue weighted by Crippen LogP contribution is 2.25. The first kappa shape index (κ1) is 14.5. The van der Waals surface area contributed by atoms with Gasteiger partial charge in [0.25, 0.3) is 5.91 Å². The second-order valence-corrected chi connectivity index (χ2v) is 6.43. The summed E-state index contributed by atoms with van der Waals surface area (Å²) in [5, 5.41) is 11.4. The number of aryl methyl sites for hydroxylation is 1. The first-order valence-electron chi connectivity index (χ1n) is 7.24. The standard InChI is InChI=1S/C17H12N4O2S/c1-10-19-14-7-6-13(8-15(14)24-10)20-16(22)11-2-4-12(5-3-11)17-21-18-9-23-17/h2-9H,1H3,(H,20,22). The van der Waals surface area contributed by atoms with Gasteiger partial charge in [-0.3, -0.25) is 4.79 Å². The molecular weight excluding hydrogens is 324 g/mol. The first-order valence-corrected chi connectivity index (χ1v) is 8.06. The van der Waals surface area contributed by atoms with E-state index in [2.05, 4.69) is 20.5 Å². The summed E-state index contributed by atoms with van der Waals surface area (Å²) in [6.07, 6.45) is 1.27. The number of nitrogens with zero attached hydrogens (tertiary/aromatic N) is 3. The Bertz CT molecular complexity index is 1010. The quantitative estimate of drug-likeness (QED) is 0.613. The Hall–Kier alpha value is -3.06. The van der Waals surface area contributed by atoms with Crippen LogP contribution in [-0.2, 0) is 0 Å². The molecule has 0 spiro atoms. The average Bonchev–Trinajstić information content (AvgIpc) is 3.23. The molecule has 0 aliphatic heterocycles. The van der Waals surface area contributed by atoms with Crippen LogP contribution in [0.2, 0.25) is 0 Å². The Balaban J connectivity index is 1.54. The van der Waals surface area contributed by atoms with Crippen LogP contribution in [0.1, 0.15) is 15.4 Å². The fourth-order valence-corrected chi connectivity index (χ4v) is 3.25. The third kappa shape index (κ3) is 2.77. The highest BCUT2D eigenvalue weighted by atomic mass is 32.1. The van der Waals surface area contributed by atoms with E-state index in [1.165, 1.54) is 6.39 Å². The van der Waals surface area contributed by atoms with Crippen molar-refractivity contribution in [2.24, 2.45) is 0 Å². The number of aromatic nitrogens is 3. The summed E-state index contributed by atoms with van der Waals surface area (Å²) in [7, 11) is 0. The minimum Gasteiger partial charge on any atom is -0.423 e. The van der Waals surface area contributed by atoms with Gasteiger partial charge in [0, 0.05) is 16.8 Å². The molecule has 2 aromatic heterocycles. The number of nitrogens with one attached hydrogen (secondary N) is 1. The maximum atomic E-state index is 12.4. The smallest absolute Gasteiger partial charge is 0.255 e. The van der Waals surface area contributed by atoms with Gasteiger partial charge in [-0.2, -0.15) is 0 Å². The van der Waals surface area contributed by atoms with Crippen molar-refractivity contribution >= 4 is 33.1 Å². The zero-order valence-electron chi connectivity index (χ0n) is 12.7. The largest absolute Gasteiger partial charge is 0.423 e. The normalized spacial score (nSPS) is 10.9. The zero-order valence-corrected chi connectivity index (χ0v) is 13.5. The molecule has 0 unspecified atom stereocenters. The number of fused-ring (bicyclic) bond motifs is 1. The summed E-state index contributed by atoms with van der Waals surface area (Å²) in [5.41, 5.74) is 3.01. The maximum absolute atomic E-state index is 12.4. The van der Waals surface area contributed by atoms with Crippen molar-refractivity contribution in [2.45, 2.75) is 6.92 Å². The van der Waals surface area contributed by atoms with E-state index in [-0.39, 0.29) is 5.91 Å². The second kappa shape index (κ2) is 5.86. The molecule has 2 aromatic carbocycles. The lowest BCUT2D eigenvalue weighted by atomic mass is 10.1. The minimum absolute atomic E-state index is 0.173. The van der Waals surface area contributed by atoms with Crippen LogP contribution in [0.3, 0.4) is 0 Å². The number of anilines is 1. The van der Waals surface area contributed by atoms with Gasteiger partial charge in [-0.1, -0.05) is 0 Å². The molecule has 4 aromatic rings. The summed E-state index contributed by atoms with van der Waals surface area (Å²) in [6, 6.07) is 12.7. The summed E-state index contributed by atoms with van der Waals surface area (Å²) in [5.74, 6) is 0.251. The first-order chi connectivity index (χ1) is 11.7. The van der Waals surface area contributed by atoms with E-state index < -0.39 is 0 Å². The molecule has 1 N–H and O–H groups in total. The predicted octanol–water partition coefficient (Wildman–Crippen LogP) is 3.91. The van der Waals surface area contributed by atoms with E-state index in [1.54, 1.807) is 35.6 Å². The van der Waals surface area contributed by atoms with Gasteiger partial charge in [0.2, 0.25) is 12.3 Å². The Morgan fingerprint density at radius 2 is 2.00 bits per heavy atom. The molecule has 1 amide bonds. The molecule has 24 heavy (non-hydrogen) atoms. The summed E-state index contributed by atoms with van der Waals surface area (Å²) >= 11 is 1.60. The maximum Gasteiger partial charge on any atom is 0.255 e. The fraction of sp³-hybridized carbons (Fsp3) is 0.0588. The molecule has 0 radical (unpaired) electrons. The topological polar surface area (TPSA) is 80.9 Å². The molecule has 2 heterocycles. The molecular formula is C17H12N4O2S. The van der Waals surface area contributed by atoms with Crippen molar-refractivity contribution in [3.05, 3.63) is 59.4 Å². The van der Waals surface area contributed by atoms with E-state index in [9.17, 15) is 4.79 Å². The van der Waals surface area contributed by atoms with Gasteiger partial charge in [-0.05, 0) is 49.4 Å². The van der Waals surface area contributed by atoms with E-state index in [0.717, 1.165) is 26.5 Å². The molecule has 0 aliphatic rings. The molecule has 0 aliphatic carbocycles. The Morgan fingerprint density at radius 3 is 2.75 bits per heavy atom. The van der Waals surface area contributed by atoms with E-state index >= 15 is 0 Å². The number of benzene rings is 2. The van der Waals surface area contributed by atoms with Crippen LogP contribution < -0.4 is 5.32 Å². The van der Waals surface area contributed by atoms with Crippen molar-refractivity contribution in [1.82, 2.24) is 15.2 Å². The summed E-state index contributed by atoms with van der Waals surface area (Å²) < 4.78 is 6.18. The summed E-state index contributed by atoms with van der Waals surface area (Å²) in [6.45, 7) is 1.97.